The largest absolute Gasteiger partial charge is 0.457 e. The number of anilines is 1. The Labute approximate surface area is 257 Å². The number of nitrogens with zero attached hydrogens (tertiary/aromatic N) is 2. The van der Waals surface area contributed by atoms with Gasteiger partial charge in [0.05, 0.1) is 22.6 Å². The maximum atomic E-state index is 13.6. The molecule has 0 saturated heterocycles. The number of rotatable bonds is 6. The third-order valence-electron chi connectivity index (χ3n) is 7.99. The van der Waals surface area contributed by atoms with Crippen molar-refractivity contribution in [3.8, 4) is 11.5 Å². The molecule has 4 aliphatic rings. The number of para-hydroxylation sites is 2. The first-order valence-electron chi connectivity index (χ1n) is 14.1. The predicted molar refractivity (Wildman–Crippen MR) is 169 cm³/mol. The van der Waals surface area contributed by atoms with Gasteiger partial charge in [-0.25, -0.2) is 4.68 Å². The third-order valence-corrected chi connectivity index (χ3v) is 8.95. The molecule has 42 heavy (non-hydrogen) atoms. The van der Waals surface area contributed by atoms with Gasteiger partial charge in [-0.3, -0.25) is 4.79 Å². The lowest BCUT2D eigenvalue weighted by Gasteiger charge is -2.29. The molecular weight excluding hydrogens is 614 g/mol. The van der Waals surface area contributed by atoms with E-state index in [1.807, 2.05) is 59.3 Å². The van der Waals surface area contributed by atoms with Gasteiger partial charge in [0.1, 0.15) is 23.1 Å². The summed E-state index contributed by atoms with van der Waals surface area (Å²) in [6, 6.07) is 15.4. The highest BCUT2D eigenvalue weighted by molar-refractivity contribution is 9.10. The van der Waals surface area contributed by atoms with Crippen molar-refractivity contribution >= 4 is 45.1 Å². The van der Waals surface area contributed by atoms with E-state index in [0.717, 1.165) is 80.7 Å². The normalized spacial score (nSPS) is 19.3. The fourth-order valence-corrected chi connectivity index (χ4v) is 6.54. The topological polar surface area (TPSA) is 80.2 Å². The van der Waals surface area contributed by atoms with Gasteiger partial charge in [-0.2, -0.15) is 5.10 Å². The van der Waals surface area contributed by atoms with Crippen LogP contribution in [0.15, 0.2) is 111 Å². The van der Waals surface area contributed by atoms with Gasteiger partial charge in [-0.05, 0) is 71.5 Å². The van der Waals surface area contributed by atoms with Gasteiger partial charge in [0.2, 0.25) is 5.91 Å². The summed E-state index contributed by atoms with van der Waals surface area (Å²) in [5, 5.41) is 15.7. The second-order valence-corrected chi connectivity index (χ2v) is 11.9. The second-order valence-electron chi connectivity index (χ2n) is 10.7. The molecular formula is C33H29BrClN5O2. The summed E-state index contributed by atoms with van der Waals surface area (Å²) in [6.07, 6.45) is 15.9. The van der Waals surface area contributed by atoms with Gasteiger partial charge in [-0.1, -0.05) is 71.8 Å². The van der Waals surface area contributed by atoms with E-state index >= 15 is 0 Å². The van der Waals surface area contributed by atoms with Gasteiger partial charge < -0.3 is 20.7 Å². The number of aromatic nitrogens is 2. The second kappa shape index (κ2) is 11.3. The Bertz CT molecular complexity index is 1690. The minimum Gasteiger partial charge on any atom is -0.457 e. The minimum absolute atomic E-state index is 0.0492. The van der Waals surface area contributed by atoms with Crippen LogP contribution >= 0.6 is 27.5 Å². The highest BCUT2D eigenvalue weighted by Gasteiger charge is 2.33. The molecule has 0 fully saturated rings. The van der Waals surface area contributed by atoms with E-state index in [2.05, 4.69) is 61.3 Å². The van der Waals surface area contributed by atoms with E-state index in [9.17, 15) is 4.79 Å². The Kier molecular flexibility index (Phi) is 7.25. The molecule has 1 atom stereocenters. The standard InChI is InChI=1S/C33H29BrClN5O2/c34-25-19-37-40-30(17-27(39-32(25)40)22-7-1-4-10-26(22)35)36-18-20-13-15-21(16-14-20)38-33(41)31-23-8-2-5-11-28(23)42-29-12-6-3-9-24(29)31/h2-3,5-13,15,17,19,27,31,36,39H,1,4,14,16,18H2,(H,38,41). The first-order valence-corrected chi connectivity index (χ1v) is 15.3. The van der Waals surface area contributed by atoms with Crippen LogP contribution in [0.3, 0.4) is 0 Å². The monoisotopic (exact) mass is 641 g/mol. The number of ether oxygens (including phenoxy) is 1. The maximum Gasteiger partial charge on any atom is 0.236 e. The van der Waals surface area contributed by atoms with Crippen LogP contribution in [0.1, 0.15) is 42.7 Å². The Morgan fingerprint density at radius 2 is 1.79 bits per heavy atom. The number of hydrogen-bond donors (Lipinski definition) is 3. The SMILES string of the molecule is O=C(NC1=CC=C(CNC2=CC(C3=CCCC=C3Cl)Nc3c(Br)cnn32)CC1)C1c2ccccc2Oc2ccccc21. The summed E-state index contributed by atoms with van der Waals surface area (Å²) < 4.78 is 8.83. The molecule has 1 amide bonds. The fourth-order valence-electron chi connectivity index (χ4n) is 5.86. The Balaban J connectivity index is 1.06. The number of carbonyl (C=O) groups is 1. The number of benzene rings is 2. The van der Waals surface area contributed by atoms with Crippen LogP contribution in [-0.4, -0.2) is 28.3 Å². The summed E-state index contributed by atoms with van der Waals surface area (Å²) in [5.74, 6) is 2.76. The first-order chi connectivity index (χ1) is 20.5. The van der Waals surface area contributed by atoms with Crippen LogP contribution in [0.2, 0.25) is 0 Å². The van der Waals surface area contributed by atoms with Crippen LogP contribution in [0.5, 0.6) is 11.5 Å². The zero-order valence-corrected chi connectivity index (χ0v) is 25.1. The Hall–Kier alpha value is -4.01. The quantitative estimate of drug-likeness (QED) is 0.263. The van der Waals surface area contributed by atoms with Crippen LogP contribution in [0.25, 0.3) is 5.82 Å². The van der Waals surface area contributed by atoms with E-state index in [0.29, 0.717) is 6.54 Å². The van der Waals surface area contributed by atoms with E-state index < -0.39 is 5.92 Å². The molecule has 0 spiro atoms. The number of amides is 1. The van der Waals surface area contributed by atoms with Crippen molar-refractivity contribution in [3.63, 3.8) is 0 Å². The van der Waals surface area contributed by atoms with Crippen LogP contribution < -0.4 is 20.7 Å². The van der Waals surface area contributed by atoms with E-state index in [-0.39, 0.29) is 11.9 Å². The van der Waals surface area contributed by atoms with Crippen molar-refractivity contribution in [3.05, 3.63) is 123 Å². The van der Waals surface area contributed by atoms with Gasteiger partial charge >= 0.3 is 0 Å². The number of fused-ring (bicyclic) bond motifs is 3. The molecule has 7 nitrogen and oxygen atoms in total. The Morgan fingerprint density at radius 3 is 2.50 bits per heavy atom. The van der Waals surface area contributed by atoms with Crippen molar-refractivity contribution in [1.82, 2.24) is 20.4 Å². The highest BCUT2D eigenvalue weighted by Crippen LogP contribution is 2.44. The molecule has 7 rings (SSSR count). The molecule has 1 aromatic heterocycles. The molecule has 212 valence electrons. The van der Waals surface area contributed by atoms with Gasteiger partial charge in [-0.15, -0.1) is 0 Å². The van der Waals surface area contributed by atoms with E-state index in [1.165, 1.54) is 5.57 Å². The molecule has 2 aliphatic heterocycles. The van der Waals surface area contributed by atoms with E-state index in [1.54, 1.807) is 6.20 Å². The predicted octanol–water partition coefficient (Wildman–Crippen LogP) is 7.33. The van der Waals surface area contributed by atoms with Crippen molar-refractivity contribution in [2.45, 2.75) is 37.6 Å². The molecule has 1 unspecified atom stereocenters. The Morgan fingerprint density at radius 1 is 1.05 bits per heavy atom. The summed E-state index contributed by atoms with van der Waals surface area (Å²) in [6.45, 7) is 0.663. The maximum absolute atomic E-state index is 13.6. The van der Waals surface area contributed by atoms with Crippen LogP contribution in [0.4, 0.5) is 5.82 Å². The molecule has 3 heterocycles. The average Bonchev–Trinajstić information content (AvgIpc) is 3.40. The smallest absolute Gasteiger partial charge is 0.236 e. The molecule has 9 heteroatoms. The molecule has 0 radical (unpaired) electrons. The van der Waals surface area contributed by atoms with Crippen molar-refractivity contribution in [2.24, 2.45) is 0 Å². The van der Waals surface area contributed by atoms with Crippen molar-refractivity contribution < 1.29 is 9.53 Å². The fraction of sp³-hybridized carbons (Fsp3) is 0.212. The van der Waals surface area contributed by atoms with Crippen LogP contribution in [-0.2, 0) is 4.79 Å². The number of nitrogens with one attached hydrogen (secondary N) is 3. The van der Waals surface area contributed by atoms with Gasteiger partial charge in [0, 0.05) is 28.4 Å². The number of halogens is 2. The summed E-state index contributed by atoms with van der Waals surface area (Å²) in [4.78, 5) is 13.6. The lowest BCUT2D eigenvalue weighted by molar-refractivity contribution is -0.121. The lowest BCUT2D eigenvalue weighted by atomic mass is 9.87. The van der Waals surface area contributed by atoms with Gasteiger partial charge in [0.15, 0.2) is 0 Å². The highest BCUT2D eigenvalue weighted by atomic mass is 79.9. The zero-order valence-electron chi connectivity index (χ0n) is 22.7. The number of carbonyl (C=O) groups excluding carboxylic acids is 1. The van der Waals surface area contributed by atoms with Crippen molar-refractivity contribution in [2.75, 3.05) is 11.9 Å². The molecule has 3 N–H and O–H groups in total. The molecule has 0 bridgehead atoms. The summed E-state index contributed by atoms with van der Waals surface area (Å²) in [5.41, 5.74) is 4.99. The minimum atomic E-state index is -0.427. The van der Waals surface area contributed by atoms with Gasteiger partial charge in [0.25, 0.3) is 0 Å². The molecule has 2 aromatic carbocycles. The average molecular weight is 643 g/mol. The van der Waals surface area contributed by atoms with Crippen LogP contribution in [0, 0.1) is 0 Å². The van der Waals surface area contributed by atoms with Crippen molar-refractivity contribution in [1.29, 1.82) is 0 Å². The number of allylic oxidation sites excluding steroid dienone is 5. The molecule has 0 saturated carbocycles. The first kappa shape index (κ1) is 26.9. The lowest BCUT2D eigenvalue weighted by Crippen LogP contribution is -2.33. The third kappa shape index (κ3) is 5.10. The summed E-state index contributed by atoms with van der Waals surface area (Å²) >= 11 is 10.2. The number of hydrogen-bond acceptors (Lipinski definition) is 5. The molecule has 2 aliphatic carbocycles. The van der Waals surface area contributed by atoms with E-state index in [4.69, 9.17) is 16.3 Å². The molecule has 3 aromatic rings. The summed E-state index contributed by atoms with van der Waals surface area (Å²) in [7, 11) is 0. The zero-order chi connectivity index (χ0) is 28.6.